The molecule has 0 atom stereocenters. The summed E-state index contributed by atoms with van der Waals surface area (Å²) in [5.74, 6) is 0.435. The number of methoxy groups -OCH3 is 1. The third kappa shape index (κ3) is 3.33. The van der Waals surface area contributed by atoms with Crippen LogP contribution >= 0.6 is 0 Å². The predicted molar refractivity (Wildman–Crippen MR) is 71.2 cm³/mol. The molecule has 5 nitrogen and oxygen atoms in total. The number of nitrogens with zero attached hydrogens (tertiary/aromatic N) is 2. The van der Waals surface area contributed by atoms with E-state index in [0.717, 1.165) is 5.56 Å². The van der Waals surface area contributed by atoms with Gasteiger partial charge in [0.2, 0.25) is 5.88 Å². The molecule has 0 bridgehead atoms. The molecule has 0 fully saturated rings. The lowest BCUT2D eigenvalue weighted by molar-refractivity contribution is -0.139. The highest BCUT2D eigenvalue weighted by atomic mass is 16.5. The molecular weight excluding hydrogens is 256 g/mol. The second-order valence-electron chi connectivity index (χ2n) is 3.97. The summed E-state index contributed by atoms with van der Waals surface area (Å²) < 4.78 is 10.2. The van der Waals surface area contributed by atoms with Crippen molar-refractivity contribution < 1.29 is 14.3 Å². The third-order valence-corrected chi connectivity index (χ3v) is 2.58. The first-order valence-corrected chi connectivity index (χ1v) is 5.91. The number of nitriles is 1. The van der Waals surface area contributed by atoms with Crippen molar-refractivity contribution in [3.63, 3.8) is 0 Å². The standard InChI is InChI=1S/C15H12N2O3/c1-19-14(18)9-11-4-2-6-13(8-11)20-15-12(10-16)5-3-7-17-15/h2-8H,9H2,1H3. The quantitative estimate of drug-likeness (QED) is 0.796. The zero-order valence-electron chi connectivity index (χ0n) is 10.9. The Hall–Kier alpha value is -2.87. The summed E-state index contributed by atoms with van der Waals surface area (Å²) in [4.78, 5) is 15.2. The van der Waals surface area contributed by atoms with E-state index in [1.165, 1.54) is 7.11 Å². The summed E-state index contributed by atoms with van der Waals surface area (Å²) in [7, 11) is 1.34. The molecule has 2 aromatic rings. The van der Waals surface area contributed by atoms with Crippen molar-refractivity contribution >= 4 is 5.97 Å². The van der Waals surface area contributed by atoms with Gasteiger partial charge >= 0.3 is 5.97 Å². The van der Waals surface area contributed by atoms with E-state index >= 15 is 0 Å². The van der Waals surface area contributed by atoms with Gasteiger partial charge in [-0.2, -0.15) is 5.26 Å². The number of benzene rings is 1. The molecule has 0 saturated heterocycles. The molecule has 1 heterocycles. The van der Waals surface area contributed by atoms with E-state index < -0.39 is 0 Å². The summed E-state index contributed by atoms with van der Waals surface area (Å²) in [6.45, 7) is 0. The lowest BCUT2D eigenvalue weighted by Crippen LogP contribution is -2.04. The highest BCUT2D eigenvalue weighted by Crippen LogP contribution is 2.23. The monoisotopic (exact) mass is 268 g/mol. The van der Waals surface area contributed by atoms with Crippen LogP contribution in [0.2, 0.25) is 0 Å². The second kappa shape index (κ2) is 6.34. The summed E-state index contributed by atoms with van der Waals surface area (Å²) in [6, 6.07) is 12.3. The molecule has 1 aromatic heterocycles. The smallest absolute Gasteiger partial charge is 0.309 e. The van der Waals surface area contributed by atoms with Crippen molar-refractivity contribution in [1.29, 1.82) is 5.26 Å². The zero-order valence-corrected chi connectivity index (χ0v) is 10.9. The Morgan fingerprint density at radius 3 is 2.95 bits per heavy atom. The highest BCUT2D eigenvalue weighted by molar-refractivity contribution is 5.72. The fourth-order valence-electron chi connectivity index (χ4n) is 1.63. The van der Waals surface area contributed by atoms with Crippen molar-refractivity contribution in [3.05, 3.63) is 53.7 Å². The molecule has 0 aliphatic rings. The number of ether oxygens (including phenoxy) is 2. The maximum atomic E-state index is 11.2. The molecule has 1 aromatic carbocycles. The van der Waals surface area contributed by atoms with Crippen LogP contribution in [0.4, 0.5) is 0 Å². The number of hydrogen-bond donors (Lipinski definition) is 0. The number of hydrogen-bond acceptors (Lipinski definition) is 5. The number of carbonyl (C=O) groups excluding carboxylic acids is 1. The van der Waals surface area contributed by atoms with Gasteiger partial charge in [-0.15, -0.1) is 0 Å². The maximum Gasteiger partial charge on any atom is 0.309 e. The van der Waals surface area contributed by atoms with Gasteiger partial charge in [0.05, 0.1) is 13.5 Å². The van der Waals surface area contributed by atoms with Gasteiger partial charge in [0.1, 0.15) is 17.4 Å². The zero-order chi connectivity index (χ0) is 14.4. The Kier molecular flexibility index (Phi) is 4.30. The molecule has 20 heavy (non-hydrogen) atoms. The van der Waals surface area contributed by atoms with Crippen molar-refractivity contribution in [2.75, 3.05) is 7.11 Å². The molecular formula is C15H12N2O3. The number of carbonyl (C=O) groups is 1. The van der Waals surface area contributed by atoms with Crippen LogP contribution in [0.25, 0.3) is 0 Å². The van der Waals surface area contributed by atoms with Crippen LogP contribution in [-0.2, 0) is 16.0 Å². The Morgan fingerprint density at radius 2 is 2.20 bits per heavy atom. The van der Waals surface area contributed by atoms with Gasteiger partial charge < -0.3 is 9.47 Å². The topological polar surface area (TPSA) is 72.2 Å². The van der Waals surface area contributed by atoms with E-state index in [0.29, 0.717) is 11.3 Å². The fourth-order valence-corrected chi connectivity index (χ4v) is 1.63. The van der Waals surface area contributed by atoms with E-state index in [4.69, 9.17) is 10.00 Å². The average Bonchev–Trinajstić information content (AvgIpc) is 2.48. The molecule has 5 heteroatoms. The minimum Gasteiger partial charge on any atom is -0.469 e. The van der Waals surface area contributed by atoms with Crippen LogP contribution in [0.5, 0.6) is 11.6 Å². The van der Waals surface area contributed by atoms with Crippen molar-refractivity contribution in [2.45, 2.75) is 6.42 Å². The fraction of sp³-hybridized carbons (Fsp3) is 0.133. The minimum atomic E-state index is -0.322. The maximum absolute atomic E-state index is 11.2. The average molecular weight is 268 g/mol. The van der Waals surface area contributed by atoms with Crippen molar-refractivity contribution in [1.82, 2.24) is 4.98 Å². The van der Waals surface area contributed by atoms with E-state index in [1.54, 1.807) is 42.6 Å². The van der Waals surface area contributed by atoms with Crippen molar-refractivity contribution in [2.24, 2.45) is 0 Å². The summed E-state index contributed by atoms with van der Waals surface area (Å²) in [5.41, 5.74) is 1.12. The van der Waals surface area contributed by atoms with Gasteiger partial charge in [-0.25, -0.2) is 4.98 Å². The van der Waals surface area contributed by atoms with Gasteiger partial charge in [0.25, 0.3) is 0 Å². The highest BCUT2D eigenvalue weighted by Gasteiger charge is 2.07. The first-order valence-electron chi connectivity index (χ1n) is 5.91. The first-order chi connectivity index (χ1) is 9.72. The predicted octanol–water partition coefficient (Wildman–Crippen LogP) is 2.46. The van der Waals surface area contributed by atoms with Gasteiger partial charge in [-0.05, 0) is 29.8 Å². The normalized spacial score (nSPS) is 9.60. The summed E-state index contributed by atoms with van der Waals surface area (Å²) >= 11 is 0. The van der Waals surface area contributed by atoms with Gasteiger partial charge in [-0.3, -0.25) is 4.79 Å². The molecule has 0 aliphatic carbocycles. The van der Waals surface area contributed by atoms with E-state index in [1.807, 2.05) is 6.07 Å². The molecule has 0 amide bonds. The lowest BCUT2D eigenvalue weighted by Gasteiger charge is -2.07. The SMILES string of the molecule is COC(=O)Cc1cccc(Oc2ncccc2C#N)c1. The Labute approximate surface area is 116 Å². The number of pyridine rings is 1. The largest absolute Gasteiger partial charge is 0.469 e. The van der Waals surface area contributed by atoms with Gasteiger partial charge in [0, 0.05) is 6.20 Å². The number of aromatic nitrogens is 1. The summed E-state index contributed by atoms with van der Waals surface area (Å²) in [6.07, 6.45) is 1.72. The van der Waals surface area contributed by atoms with E-state index in [9.17, 15) is 4.79 Å². The Balaban J connectivity index is 2.20. The van der Waals surface area contributed by atoms with Crippen LogP contribution in [0, 0.1) is 11.3 Å². The lowest BCUT2D eigenvalue weighted by atomic mass is 10.1. The molecule has 0 radical (unpaired) electrons. The van der Waals surface area contributed by atoms with Crippen LogP contribution in [0.3, 0.4) is 0 Å². The number of rotatable bonds is 4. The van der Waals surface area contributed by atoms with Crippen LogP contribution in [0.15, 0.2) is 42.6 Å². The third-order valence-electron chi connectivity index (χ3n) is 2.58. The summed E-state index contributed by atoms with van der Waals surface area (Å²) in [5, 5.41) is 8.97. The molecule has 0 spiro atoms. The van der Waals surface area contributed by atoms with E-state index in [-0.39, 0.29) is 18.3 Å². The Morgan fingerprint density at radius 1 is 1.35 bits per heavy atom. The molecule has 100 valence electrons. The minimum absolute atomic E-state index is 0.168. The molecule has 2 rings (SSSR count). The van der Waals surface area contributed by atoms with Gasteiger partial charge in [0.15, 0.2) is 0 Å². The molecule has 0 unspecified atom stereocenters. The van der Waals surface area contributed by atoms with Gasteiger partial charge in [-0.1, -0.05) is 12.1 Å². The first kappa shape index (κ1) is 13.6. The van der Waals surface area contributed by atoms with Crippen LogP contribution in [-0.4, -0.2) is 18.1 Å². The second-order valence-corrected chi connectivity index (χ2v) is 3.97. The molecule has 0 N–H and O–H groups in total. The van der Waals surface area contributed by atoms with Crippen molar-refractivity contribution in [3.8, 4) is 17.7 Å². The van der Waals surface area contributed by atoms with Crippen LogP contribution in [0.1, 0.15) is 11.1 Å². The molecule has 0 aliphatic heterocycles. The van der Waals surface area contributed by atoms with E-state index in [2.05, 4.69) is 9.72 Å². The molecule has 0 saturated carbocycles. The van der Waals surface area contributed by atoms with Crippen LogP contribution < -0.4 is 4.74 Å². The Bertz CT molecular complexity index is 662. The number of esters is 1.